The van der Waals surface area contributed by atoms with Gasteiger partial charge in [0.2, 0.25) is 0 Å². The van der Waals surface area contributed by atoms with Crippen LogP contribution in [0.2, 0.25) is 5.04 Å². The number of hydrogen-bond donors (Lipinski definition) is 1. The first-order chi connectivity index (χ1) is 28.4. The molecule has 6 aromatic rings. The van der Waals surface area contributed by atoms with Gasteiger partial charge in [-0.15, -0.1) is 0 Å². The van der Waals surface area contributed by atoms with E-state index >= 15 is 0 Å². The molecule has 0 saturated heterocycles. The van der Waals surface area contributed by atoms with Gasteiger partial charge in [-0.1, -0.05) is 180 Å². The highest BCUT2D eigenvalue weighted by atomic mass is 31.1. The Morgan fingerprint density at radius 2 is 1.31 bits per heavy atom. The van der Waals surface area contributed by atoms with Crippen LogP contribution in [0.4, 0.5) is 4.39 Å². The number of pyridine rings is 1. The van der Waals surface area contributed by atoms with E-state index in [4.69, 9.17) is 13.9 Å². The monoisotopic (exact) mass is 823 g/mol. The zero-order valence-corrected chi connectivity index (χ0v) is 36.2. The molecule has 6 rings (SSSR count). The van der Waals surface area contributed by atoms with Gasteiger partial charge in [-0.05, 0) is 56.2 Å². The number of carboxylic acid groups (broad SMARTS) is 1. The van der Waals surface area contributed by atoms with E-state index in [9.17, 15) is 18.9 Å². The van der Waals surface area contributed by atoms with Gasteiger partial charge in [0.15, 0.2) is 8.03 Å². The molecule has 302 valence electrons. The summed E-state index contributed by atoms with van der Waals surface area (Å²) in [5, 5.41) is 11.6. The maximum absolute atomic E-state index is 14.2. The third-order valence-electron chi connectivity index (χ3n) is 10.4. The highest BCUT2D eigenvalue weighted by Gasteiger charge is 2.51. The molecule has 1 N–H and O–H groups in total. The molecule has 59 heavy (non-hydrogen) atoms. The summed E-state index contributed by atoms with van der Waals surface area (Å²) in [5.74, 6) is 4.79. The number of carboxylic acids is 1. The second-order valence-corrected chi connectivity index (χ2v) is 21.6. The van der Waals surface area contributed by atoms with Crippen LogP contribution >= 0.6 is 8.03 Å². The molecule has 0 spiro atoms. The normalized spacial score (nSPS) is 12.8. The maximum Gasteiger partial charge on any atom is 0.305 e. The van der Waals surface area contributed by atoms with Crippen LogP contribution in [-0.4, -0.2) is 43.2 Å². The maximum atomic E-state index is 14.2. The first kappa shape index (κ1) is 43.2. The Bertz CT molecular complexity index is 2320. The van der Waals surface area contributed by atoms with E-state index in [0.717, 1.165) is 44.0 Å². The predicted molar refractivity (Wildman–Crippen MR) is 239 cm³/mol. The lowest BCUT2D eigenvalue weighted by atomic mass is 9.85. The van der Waals surface area contributed by atoms with Gasteiger partial charge in [-0.25, -0.2) is 4.39 Å². The second kappa shape index (κ2) is 19.6. The smallest absolute Gasteiger partial charge is 0.305 e. The van der Waals surface area contributed by atoms with Crippen molar-refractivity contribution in [1.82, 2.24) is 4.98 Å². The van der Waals surface area contributed by atoms with Crippen molar-refractivity contribution >= 4 is 32.7 Å². The van der Waals surface area contributed by atoms with E-state index in [0.29, 0.717) is 5.56 Å². The Morgan fingerprint density at radius 1 is 0.797 bits per heavy atom. The van der Waals surface area contributed by atoms with Gasteiger partial charge in [0.05, 0.1) is 35.4 Å². The molecule has 0 fully saturated rings. The highest BCUT2D eigenvalue weighted by Crippen LogP contribution is 2.40. The lowest BCUT2D eigenvalue weighted by Crippen LogP contribution is -2.68. The molecule has 0 aliphatic rings. The zero-order valence-electron chi connectivity index (χ0n) is 34.2. The van der Waals surface area contributed by atoms with Gasteiger partial charge in [-0.2, -0.15) is 0 Å². The summed E-state index contributed by atoms with van der Waals surface area (Å²) in [7, 11) is -5.96. The molecule has 0 saturated carbocycles. The summed E-state index contributed by atoms with van der Waals surface area (Å²) in [4.78, 5) is 17.5. The summed E-state index contributed by atoms with van der Waals surface area (Å²) in [6.07, 6.45) is -1.30. The number of carbonyl (C=O) groups is 1. The number of halogens is 1. The van der Waals surface area contributed by atoms with Crippen molar-refractivity contribution in [3.8, 4) is 23.0 Å². The zero-order chi connectivity index (χ0) is 42.0. The van der Waals surface area contributed by atoms with Crippen LogP contribution in [0.25, 0.3) is 11.1 Å². The fourth-order valence-electron chi connectivity index (χ4n) is 7.74. The van der Waals surface area contributed by atoms with E-state index in [1.807, 2.05) is 103 Å². The molecule has 9 heteroatoms. The highest BCUT2D eigenvalue weighted by molar-refractivity contribution is 7.39. The molecule has 0 aliphatic heterocycles. The van der Waals surface area contributed by atoms with Crippen molar-refractivity contribution in [3.05, 3.63) is 186 Å². The minimum atomic E-state index is -3.14. The molecule has 1 unspecified atom stereocenters. The lowest BCUT2D eigenvalue weighted by molar-refractivity contribution is -0.138. The van der Waals surface area contributed by atoms with Gasteiger partial charge in [0, 0.05) is 11.7 Å². The van der Waals surface area contributed by atoms with E-state index in [2.05, 4.69) is 70.7 Å². The molecule has 5 aromatic carbocycles. The topological polar surface area (TPSA) is 85.7 Å². The van der Waals surface area contributed by atoms with Gasteiger partial charge in [0.25, 0.3) is 8.32 Å². The number of aliphatic carboxylic acids is 1. The van der Waals surface area contributed by atoms with Crippen molar-refractivity contribution in [3.63, 3.8) is 0 Å². The second-order valence-electron chi connectivity index (χ2n) is 15.9. The van der Waals surface area contributed by atoms with Crippen molar-refractivity contribution < 1.29 is 27.8 Å². The Balaban J connectivity index is 1.32. The first-order valence-corrected chi connectivity index (χ1v) is 23.4. The number of aromatic nitrogens is 1. The SMILES string of the molecule is CC(C)c1nc(C(c2ccccc2)c2ccccc2)cc(-c2ccc(F)cc2)c1C#CCO[PH](=O)C[C@H](CC(=O)O)O[Si](c1ccccc1)(c1ccccc1)C(C)(C)C. The van der Waals surface area contributed by atoms with Crippen LogP contribution in [0.5, 0.6) is 0 Å². The van der Waals surface area contributed by atoms with Gasteiger partial charge < -0.3 is 14.1 Å². The predicted octanol–water partition coefficient (Wildman–Crippen LogP) is 10.5. The van der Waals surface area contributed by atoms with Crippen molar-refractivity contribution in [2.45, 2.75) is 64.0 Å². The van der Waals surface area contributed by atoms with Gasteiger partial charge in [-0.3, -0.25) is 14.3 Å². The number of rotatable bonds is 15. The number of benzene rings is 5. The molecule has 0 radical (unpaired) electrons. The Morgan fingerprint density at radius 3 is 1.78 bits per heavy atom. The van der Waals surface area contributed by atoms with Crippen molar-refractivity contribution in [1.29, 1.82) is 0 Å². The van der Waals surface area contributed by atoms with E-state index < -0.39 is 33.5 Å². The minimum Gasteiger partial charge on any atom is -0.481 e. The van der Waals surface area contributed by atoms with Gasteiger partial charge in [0.1, 0.15) is 12.4 Å². The standard InChI is InChI=1S/C50H51FNO5PSi/c1-36(2)49-44(45(37-28-30-40(51)31-29-37)34-46(52-49)48(38-19-10-6-11-20-38)39-21-12-7-13-22-39)27-18-32-56-58(55)35-41(33-47(53)54)57-59(50(3,4)5,42-23-14-8-15-24-42)43-25-16-9-17-26-43/h6-17,19-26,28-31,34,36,41,48,58H,32-33,35H2,1-5H3,(H,53,54)/t41-/m0/s1. The Labute approximate surface area is 349 Å². The van der Waals surface area contributed by atoms with E-state index in [1.54, 1.807) is 12.1 Å². The third-order valence-corrected chi connectivity index (χ3v) is 16.8. The number of nitrogens with zero attached hydrogens (tertiary/aromatic N) is 1. The molecular weight excluding hydrogens is 773 g/mol. The Kier molecular flexibility index (Phi) is 14.3. The fraction of sp³-hybridized carbons (Fsp3) is 0.240. The van der Waals surface area contributed by atoms with E-state index in [1.165, 1.54) is 12.1 Å². The third kappa shape index (κ3) is 10.4. The molecule has 0 bridgehead atoms. The molecular formula is C50H51FNO5PSi. The summed E-state index contributed by atoms with van der Waals surface area (Å²) in [6.45, 7) is 10.3. The van der Waals surface area contributed by atoms with Crippen molar-refractivity contribution in [2.75, 3.05) is 12.8 Å². The molecule has 1 aromatic heterocycles. The van der Waals surface area contributed by atoms with Crippen LogP contribution < -0.4 is 10.4 Å². The van der Waals surface area contributed by atoms with Crippen LogP contribution in [0.1, 0.15) is 81.0 Å². The number of hydrogen-bond acceptors (Lipinski definition) is 5. The molecule has 1 heterocycles. The Hall–Kier alpha value is -5.42. The van der Waals surface area contributed by atoms with Crippen LogP contribution in [0.3, 0.4) is 0 Å². The average Bonchev–Trinajstić information content (AvgIpc) is 3.22. The summed E-state index contributed by atoms with van der Waals surface area (Å²) >= 11 is 0. The molecule has 0 aliphatic carbocycles. The summed E-state index contributed by atoms with van der Waals surface area (Å²) < 4.78 is 40.9. The summed E-state index contributed by atoms with van der Waals surface area (Å²) in [5.41, 5.74) is 6.05. The van der Waals surface area contributed by atoms with E-state index in [-0.39, 0.29) is 36.8 Å². The molecule has 6 nitrogen and oxygen atoms in total. The van der Waals surface area contributed by atoms with Crippen molar-refractivity contribution in [2.24, 2.45) is 0 Å². The summed E-state index contributed by atoms with van der Waals surface area (Å²) in [6, 6.07) is 48.7. The van der Waals surface area contributed by atoms with Crippen LogP contribution in [-0.2, 0) is 18.3 Å². The van der Waals surface area contributed by atoms with Gasteiger partial charge >= 0.3 is 5.97 Å². The average molecular weight is 824 g/mol. The quantitative estimate of drug-likeness (QED) is 0.0631. The largest absolute Gasteiger partial charge is 0.481 e. The minimum absolute atomic E-state index is 0.0268. The van der Waals surface area contributed by atoms with Crippen LogP contribution in [0, 0.1) is 17.7 Å². The first-order valence-electron chi connectivity index (χ1n) is 19.9. The molecule has 0 amide bonds. The fourth-order valence-corrected chi connectivity index (χ4v) is 13.5. The van der Waals surface area contributed by atoms with Crippen LogP contribution in [0.15, 0.2) is 152 Å². The lowest BCUT2D eigenvalue weighted by Gasteiger charge is -2.45. The molecule has 2 atom stereocenters.